The highest BCUT2D eigenvalue weighted by Crippen LogP contribution is 2.22. The van der Waals surface area contributed by atoms with Crippen molar-refractivity contribution in [2.75, 3.05) is 13.1 Å². The van der Waals surface area contributed by atoms with Crippen molar-refractivity contribution in [2.45, 2.75) is 37.5 Å². The second kappa shape index (κ2) is 5.77. The maximum atomic E-state index is 13.4. The first-order chi connectivity index (χ1) is 9.34. The molecular weight excluding hydrogens is 283 g/mol. The van der Waals surface area contributed by atoms with Gasteiger partial charge in [-0.1, -0.05) is 0 Å². The quantitative estimate of drug-likeness (QED) is 0.907. The van der Waals surface area contributed by atoms with Crippen molar-refractivity contribution < 1.29 is 17.5 Å². The molecule has 5 nitrogen and oxygen atoms in total. The number of rotatable bonds is 3. The summed E-state index contributed by atoms with van der Waals surface area (Å²) in [5.41, 5.74) is 5.61. The fourth-order valence-corrected chi connectivity index (χ4v) is 3.99. The lowest BCUT2D eigenvalue weighted by Gasteiger charge is -2.34. The Balaban J connectivity index is 2.34. The molecule has 1 aromatic rings. The van der Waals surface area contributed by atoms with Crippen molar-refractivity contribution in [1.29, 1.82) is 0 Å². The predicted molar refractivity (Wildman–Crippen MR) is 73.1 cm³/mol. The zero-order valence-electron chi connectivity index (χ0n) is 11.5. The fourth-order valence-electron chi connectivity index (χ4n) is 2.34. The number of halogens is 1. The molecule has 0 radical (unpaired) electrons. The first kappa shape index (κ1) is 15.4. The van der Waals surface area contributed by atoms with Crippen molar-refractivity contribution in [3.63, 3.8) is 0 Å². The summed E-state index contributed by atoms with van der Waals surface area (Å²) in [6.45, 7) is 4.21. The average molecular weight is 302 g/mol. The Labute approximate surface area is 118 Å². The molecule has 2 unspecified atom stereocenters. The van der Waals surface area contributed by atoms with Gasteiger partial charge < -0.3 is 10.5 Å². The van der Waals surface area contributed by atoms with E-state index in [1.807, 2.05) is 13.8 Å². The van der Waals surface area contributed by atoms with Crippen LogP contribution in [0.2, 0.25) is 0 Å². The van der Waals surface area contributed by atoms with Crippen molar-refractivity contribution in [1.82, 2.24) is 4.31 Å². The van der Waals surface area contributed by atoms with E-state index in [9.17, 15) is 12.8 Å². The van der Waals surface area contributed by atoms with Gasteiger partial charge >= 0.3 is 0 Å². The van der Waals surface area contributed by atoms with Gasteiger partial charge in [-0.05, 0) is 32.0 Å². The van der Waals surface area contributed by atoms with E-state index in [2.05, 4.69) is 0 Å². The van der Waals surface area contributed by atoms with Crippen LogP contribution in [-0.2, 0) is 21.3 Å². The minimum absolute atomic E-state index is 0.0366. The number of morpholine rings is 1. The Morgan fingerprint density at radius 2 is 1.95 bits per heavy atom. The molecule has 2 N–H and O–H groups in total. The summed E-state index contributed by atoms with van der Waals surface area (Å²) < 4.78 is 45.4. The third-order valence-electron chi connectivity index (χ3n) is 3.26. The molecule has 1 aliphatic heterocycles. The van der Waals surface area contributed by atoms with Crippen LogP contribution >= 0.6 is 0 Å². The highest BCUT2D eigenvalue weighted by Gasteiger charge is 2.32. The first-order valence-corrected chi connectivity index (χ1v) is 7.92. The number of hydrogen-bond donors (Lipinski definition) is 1. The van der Waals surface area contributed by atoms with Crippen LogP contribution in [0, 0.1) is 5.82 Å². The molecule has 1 saturated heterocycles. The molecule has 7 heteroatoms. The zero-order chi connectivity index (χ0) is 14.9. The van der Waals surface area contributed by atoms with Crippen LogP contribution in [0.1, 0.15) is 19.4 Å². The van der Waals surface area contributed by atoms with E-state index in [1.165, 1.54) is 16.4 Å². The molecule has 112 valence electrons. The van der Waals surface area contributed by atoms with E-state index < -0.39 is 15.8 Å². The van der Waals surface area contributed by atoms with E-state index in [4.69, 9.17) is 10.5 Å². The third-order valence-corrected chi connectivity index (χ3v) is 5.09. The number of benzene rings is 1. The summed E-state index contributed by atoms with van der Waals surface area (Å²) in [6.07, 6.45) is -0.328. The van der Waals surface area contributed by atoms with E-state index >= 15 is 0 Å². The molecule has 0 aliphatic carbocycles. The van der Waals surface area contributed by atoms with Crippen LogP contribution in [0.4, 0.5) is 4.39 Å². The lowest BCUT2D eigenvalue weighted by atomic mass is 10.2. The SMILES string of the molecule is CC1CN(S(=O)(=O)c2ccc(F)c(CN)c2)CC(C)O1. The van der Waals surface area contributed by atoms with Crippen molar-refractivity contribution in [3.05, 3.63) is 29.6 Å². The molecule has 2 rings (SSSR count). The summed E-state index contributed by atoms with van der Waals surface area (Å²) in [7, 11) is -3.65. The summed E-state index contributed by atoms with van der Waals surface area (Å²) >= 11 is 0. The Morgan fingerprint density at radius 3 is 2.50 bits per heavy atom. The van der Waals surface area contributed by atoms with Gasteiger partial charge in [-0.15, -0.1) is 0 Å². The second-order valence-electron chi connectivity index (χ2n) is 5.04. The maximum Gasteiger partial charge on any atom is 0.243 e. The average Bonchev–Trinajstić information content (AvgIpc) is 2.37. The molecule has 0 saturated carbocycles. The van der Waals surface area contributed by atoms with Crippen molar-refractivity contribution in [3.8, 4) is 0 Å². The monoisotopic (exact) mass is 302 g/mol. The van der Waals surface area contributed by atoms with Gasteiger partial charge in [0.2, 0.25) is 10.0 Å². The molecule has 0 spiro atoms. The minimum atomic E-state index is -3.65. The Kier molecular flexibility index (Phi) is 4.43. The lowest BCUT2D eigenvalue weighted by molar-refractivity contribution is -0.0440. The number of ether oxygens (including phenoxy) is 1. The largest absolute Gasteiger partial charge is 0.373 e. The summed E-state index contributed by atoms with van der Waals surface area (Å²) in [5, 5.41) is 0. The number of nitrogens with zero attached hydrogens (tertiary/aromatic N) is 1. The molecular formula is C13H19FN2O3S. The topological polar surface area (TPSA) is 72.6 Å². The minimum Gasteiger partial charge on any atom is -0.373 e. The van der Waals surface area contributed by atoms with Crippen molar-refractivity contribution in [2.24, 2.45) is 5.73 Å². The first-order valence-electron chi connectivity index (χ1n) is 6.48. The van der Waals surface area contributed by atoms with Gasteiger partial charge in [0.15, 0.2) is 0 Å². The number of sulfonamides is 1. The molecule has 20 heavy (non-hydrogen) atoms. The molecule has 0 bridgehead atoms. The second-order valence-corrected chi connectivity index (χ2v) is 6.97. The smallest absolute Gasteiger partial charge is 0.243 e. The van der Waals surface area contributed by atoms with E-state index in [0.29, 0.717) is 13.1 Å². The lowest BCUT2D eigenvalue weighted by Crippen LogP contribution is -2.48. The van der Waals surface area contributed by atoms with Gasteiger partial charge in [-0.3, -0.25) is 0 Å². The molecule has 2 atom stereocenters. The molecule has 0 aromatic heterocycles. The van der Waals surface area contributed by atoms with Crippen LogP contribution in [0.3, 0.4) is 0 Å². The standard InChI is InChI=1S/C13H19FN2O3S/c1-9-7-16(8-10(2)19-9)20(17,18)12-3-4-13(14)11(5-12)6-15/h3-5,9-10H,6-8,15H2,1-2H3. The highest BCUT2D eigenvalue weighted by molar-refractivity contribution is 7.89. The number of hydrogen-bond acceptors (Lipinski definition) is 4. The van der Waals surface area contributed by atoms with Crippen LogP contribution < -0.4 is 5.73 Å². The zero-order valence-corrected chi connectivity index (χ0v) is 12.4. The Bertz CT molecular complexity index is 581. The fraction of sp³-hybridized carbons (Fsp3) is 0.538. The molecule has 1 fully saturated rings. The van der Waals surface area contributed by atoms with E-state index in [1.54, 1.807) is 0 Å². The molecule has 1 aliphatic rings. The van der Waals surface area contributed by atoms with Gasteiger partial charge in [-0.25, -0.2) is 12.8 Å². The predicted octanol–water partition coefficient (Wildman–Crippen LogP) is 1.08. The van der Waals surface area contributed by atoms with Gasteiger partial charge in [0, 0.05) is 25.2 Å². The van der Waals surface area contributed by atoms with Gasteiger partial charge in [0.25, 0.3) is 0 Å². The Morgan fingerprint density at radius 1 is 1.35 bits per heavy atom. The Hall–Kier alpha value is -1.02. The number of nitrogens with two attached hydrogens (primary N) is 1. The third kappa shape index (κ3) is 3.01. The van der Waals surface area contributed by atoms with Crippen LogP contribution in [0.25, 0.3) is 0 Å². The van der Waals surface area contributed by atoms with Crippen molar-refractivity contribution >= 4 is 10.0 Å². The summed E-state index contributed by atoms with van der Waals surface area (Å²) in [5.74, 6) is -0.491. The van der Waals surface area contributed by atoms with E-state index in [-0.39, 0.29) is 29.2 Å². The van der Waals surface area contributed by atoms with Gasteiger partial charge in [0.1, 0.15) is 5.82 Å². The molecule has 1 aromatic carbocycles. The normalized spacial score (nSPS) is 24.8. The molecule has 1 heterocycles. The molecule has 0 amide bonds. The van der Waals surface area contributed by atoms with Gasteiger partial charge in [-0.2, -0.15) is 4.31 Å². The van der Waals surface area contributed by atoms with Crippen LogP contribution in [-0.4, -0.2) is 38.0 Å². The highest BCUT2D eigenvalue weighted by atomic mass is 32.2. The van der Waals surface area contributed by atoms with Crippen LogP contribution in [0.5, 0.6) is 0 Å². The van der Waals surface area contributed by atoms with Crippen LogP contribution in [0.15, 0.2) is 23.1 Å². The summed E-state index contributed by atoms with van der Waals surface area (Å²) in [4.78, 5) is 0.0700. The summed E-state index contributed by atoms with van der Waals surface area (Å²) in [6, 6.07) is 3.71. The van der Waals surface area contributed by atoms with Gasteiger partial charge in [0.05, 0.1) is 17.1 Å². The van der Waals surface area contributed by atoms with E-state index in [0.717, 1.165) is 6.07 Å². The maximum absolute atomic E-state index is 13.4.